The van der Waals surface area contributed by atoms with Crippen molar-refractivity contribution in [1.29, 1.82) is 0 Å². The van der Waals surface area contributed by atoms with Crippen molar-refractivity contribution in [3.63, 3.8) is 0 Å². The Bertz CT molecular complexity index is 699. The van der Waals surface area contributed by atoms with Crippen LogP contribution in [0.1, 0.15) is 27.9 Å². The summed E-state index contributed by atoms with van der Waals surface area (Å²) < 4.78 is 13.2. The molecular weight excluding hydrogens is 289 g/mol. The molecule has 0 saturated carbocycles. The fourth-order valence-corrected chi connectivity index (χ4v) is 2.90. The predicted molar refractivity (Wildman–Crippen MR) is 82.7 cm³/mol. The lowest BCUT2D eigenvalue weighted by Gasteiger charge is -2.20. The van der Waals surface area contributed by atoms with E-state index in [9.17, 15) is 9.18 Å². The normalized spacial score (nSPS) is 13.4. The molecule has 0 fully saturated rings. The molecule has 1 aliphatic rings. The number of rotatable bonds is 3. The zero-order valence-electron chi connectivity index (χ0n) is 11.5. The fraction of sp³-hybridized carbons (Fsp3) is 0.235. The summed E-state index contributed by atoms with van der Waals surface area (Å²) >= 11 is 5.76. The first kappa shape index (κ1) is 14.1. The van der Waals surface area contributed by atoms with Gasteiger partial charge in [0.25, 0.3) is 0 Å². The highest BCUT2D eigenvalue weighted by Crippen LogP contribution is 2.26. The number of carbonyl (C=O) groups is 1. The molecule has 0 aromatic heterocycles. The third kappa shape index (κ3) is 2.93. The molecule has 2 aromatic rings. The first-order valence-electron chi connectivity index (χ1n) is 6.98. The molecule has 3 rings (SSSR count). The van der Waals surface area contributed by atoms with Crippen LogP contribution in [0.25, 0.3) is 0 Å². The number of Topliss-reactive ketones (excluding diaryl/α,β-unsaturated/α-hetero) is 1. The predicted octanol–water partition coefficient (Wildman–Crippen LogP) is 4.26. The van der Waals surface area contributed by atoms with Gasteiger partial charge in [-0.25, -0.2) is 4.39 Å². The SMILES string of the molecule is O=C(Cc1ccc(F)c(Cl)c1)c1cccc2c1CCCN2. The third-order valence-electron chi connectivity index (χ3n) is 3.74. The van der Waals surface area contributed by atoms with E-state index in [1.54, 1.807) is 6.07 Å². The molecule has 0 atom stereocenters. The summed E-state index contributed by atoms with van der Waals surface area (Å²) in [7, 11) is 0. The minimum Gasteiger partial charge on any atom is -0.385 e. The van der Waals surface area contributed by atoms with E-state index in [0.717, 1.165) is 41.8 Å². The lowest BCUT2D eigenvalue weighted by atomic mass is 9.93. The van der Waals surface area contributed by atoms with Crippen molar-refractivity contribution >= 4 is 23.1 Å². The highest BCUT2D eigenvalue weighted by Gasteiger charge is 2.17. The Kier molecular flexibility index (Phi) is 3.93. The Morgan fingerprint density at radius 1 is 1.29 bits per heavy atom. The fourth-order valence-electron chi connectivity index (χ4n) is 2.70. The average Bonchev–Trinajstić information content (AvgIpc) is 2.50. The van der Waals surface area contributed by atoms with Crippen LogP contribution in [0.5, 0.6) is 0 Å². The van der Waals surface area contributed by atoms with Gasteiger partial charge in [0.05, 0.1) is 5.02 Å². The number of halogens is 2. The number of hydrogen-bond acceptors (Lipinski definition) is 2. The van der Waals surface area contributed by atoms with Gasteiger partial charge in [0.2, 0.25) is 0 Å². The maximum atomic E-state index is 13.2. The minimum absolute atomic E-state index is 0.0400. The van der Waals surface area contributed by atoms with E-state index in [2.05, 4.69) is 5.32 Å². The van der Waals surface area contributed by atoms with Crippen molar-refractivity contribution in [3.8, 4) is 0 Å². The van der Waals surface area contributed by atoms with Gasteiger partial charge in [-0.3, -0.25) is 4.79 Å². The first-order chi connectivity index (χ1) is 10.1. The zero-order chi connectivity index (χ0) is 14.8. The van der Waals surface area contributed by atoms with Gasteiger partial charge in [-0.2, -0.15) is 0 Å². The van der Waals surface area contributed by atoms with E-state index in [1.165, 1.54) is 12.1 Å². The molecular formula is C17H15ClFNO. The summed E-state index contributed by atoms with van der Waals surface area (Å²) in [5.41, 5.74) is 3.61. The average molecular weight is 304 g/mol. The van der Waals surface area contributed by atoms with Crippen LogP contribution < -0.4 is 5.32 Å². The molecule has 108 valence electrons. The standard InChI is InChI=1S/C17H15ClFNO/c18-14-9-11(6-7-15(14)19)10-17(21)13-3-1-5-16-12(13)4-2-8-20-16/h1,3,5-7,9,20H,2,4,8,10H2. The van der Waals surface area contributed by atoms with Gasteiger partial charge in [-0.1, -0.05) is 29.8 Å². The molecule has 1 heterocycles. The van der Waals surface area contributed by atoms with Crippen LogP contribution in [-0.4, -0.2) is 12.3 Å². The monoisotopic (exact) mass is 303 g/mol. The van der Waals surface area contributed by atoms with Gasteiger partial charge in [-0.15, -0.1) is 0 Å². The largest absolute Gasteiger partial charge is 0.385 e. The Labute approximate surface area is 127 Å². The highest BCUT2D eigenvalue weighted by molar-refractivity contribution is 6.30. The van der Waals surface area contributed by atoms with Crippen LogP contribution >= 0.6 is 11.6 Å². The van der Waals surface area contributed by atoms with Crippen molar-refractivity contribution < 1.29 is 9.18 Å². The van der Waals surface area contributed by atoms with Gasteiger partial charge in [0.1, 0.15) is 5.82 Å². The van der Waals surface area contributed by atoms with Crippen LogP contribution in [-0.2, 0) is 12.8 Å². The topological polar surface area (TPSA) is 29.1 Å². The molecule has 0 radical (unpaired) electrons. The van der Waals surface area contributed by atoms with E-state index >= 15 is 0 Å². The van der Waals surface area contributed by atoms with Crippen LogP contribution in [0.2, 0.25) is 5.02 Å². The van der Waals surface area contributed by atoms with Gasteiger partial charge < -0.3 is 5.32 Å². The molecule has 2 nitrogen and oxygen atoms in total. The van der Waals surface area contributed by atoms with Crippen molar-refractivity contribution in [3.05, 3.63) is 63.9 Å². The number of fused-ring (bicyclic) bond motifs is 1. The van der Waals surface area contributed by atoms with Crippen molar-refractivity contribution in [2.75, 3.05) is 11.9 Å². The van der Waals surface area contributed by atoms with E-state index in [1.807, 2.05) is 18.2 Å². The maximum absolute atomic E-state index is 13.2. The van der Waals surface area contributed by atoms with Crippen molar-refractivity contribution in [1.82, 2.24) is 0 Å². The van der Waals surface area contributed by atoms with Crippen LogP contribution in [0, 0.1) is 5.82 Å². The maximum Gasteiger partial charge on any atom is 0.167 e. The number of hydrogen-bond donors (Lipinski definition) is 1. The van der Waals surface area contributed by atoms with Gasteiger partial charge in [0, 0.05) is 24.2 Å². The van der Waals surface area contributed by atoms with E-state index < -0.39 is 5.82 Å². The Morgan fingerprint density at radius 2 is 2.14 bits per heavy atom. The summed E-state index contributed by atoms with van der Waals surface area (Å²) in [6.45, 7) is 0.943. The number of ketones is 1. The molecule has 21 heavy (non-hydrogen) atoms. The van der Waals surface area contributed by atoms with Crippen molar-refractivity contribution in [2.24, 2.45) is 0 Å². The lowest BCUT2D eigenvalue weighted by Crippen LogP contribution is -2.16. The molecule has 4 heteroatoms. The summed E-state index contributed by atoms with van der Waals surface area (Å²) in [6.07, 6.45) is 2.17. The van der Waals surface area contributed by atoms with Gasteiger partial charge >= 0.3 is 0 Å². The molecule has 0 aliphatic carbocycles. The lowest BCUT2D eigenvalue weighted by molar-refractivity contribution is 0.0992. The molecule has 0 unspecified atom stereocenters. The number of anilines is 1. The molecule has 1 N–H and O–H groups in total. The third-order valence-corrected chi connectivity index (χ3v) is 4.03. The van der Waals surface area contributed by atoms with Crippen LogP contribution in [0.4, 0.5) is 10.1 Å². The minimum atomic E-state index is -0.464. The van der Waals surface area contributed by atoms with Gasteiger partial charge in [-0.05, 0) is 42.2 Å². The van der Waals surface area contributed by atoms with Crippen LogP contribution in [0.3, 0.4) is 0 Å². The van der Waals surface area contributed by atoms with E-state index in [-0.39, 0.29) is 17.2 Å². The molecule has 0 saturated heterocycles. The van der Waals surface area contributed by atoms with E-state index in [0.29, 0.717) is 0 Å². The van der Waals surface area contributed by atoms with E-state index in [4.69, 9.17) is 11.6 Å². The number of nitrogens with one attached hydrogen (secondary N) is 1. The Morgan fingerprint density at radius 3 is 2.95 bits per heavy atom. The van der Waals surface area contributed by atoms with Crippen LogP contribution in [0.15, 0.2) is 36.4 Å². The Balaban J connectivity index is 1.87. The number of benzene rings is 2. The van der Waals surface area contributed by atoms with Crippen molar-refractivity contribution in [2.45, 2.75) is 19.3 Å². The molecule has 0 amide bonds. The smallest absolute Gasteiger partial charge is 0.167 e. The summed E-state index contributed by atoms with van der Waals surface area (Å²) in [4.78, 5) is 12.5. The second-order valence-corrected chi connectivity index (χ2v) is 5.62. The highest BCUT2D eigenvalue weighted by atomic mass is 35.5. The van der Waals surface area contributed by atoms with Gasteiger partial charge in [0.15, 0.2) is 5.78 Å². The first-order valence-corrected chi connectivity index (χ1v) is 7.36. The second kappa shape index (κ2) is 5.86. The summed E-state index contributed by atoms with van der Waals surface area (Å²) in [5.74, 6) is -0.424. The summed E-state index contributed by atoms with van der Waals surface area (Å²) in [5, 5.41) is 3.37. The molecule has 1 aliphatic heterocycles. The molecule has 2 aromatic carbocycles. The molecule has 0 spiro atoms. The Hall–Kier alpha value is -1.87. The molecule has 0 bridgehead atoms. The number of carbonyl (C=O) groups excluding carboxylic acids is 1. The summed E-state index contributed by atoms with van der Waals surface area (Å²) in [6, 6.07) is 10.2. The second-order valence-electron chi connectivity index (χ2n) is 5.21. The zero-order valence-corrected chi connectivity index (χ0v) is 12.2. The quantitative estimate of drug-likeness (QED) is 0.858.